The number of carbonyl (C=O) groups is 2. The monoisotopic (exact) mass is 544 g/mol. The van der Waals surface area contributed by atoms with E-state index in [1.165, 1.54) is 4.90 Å². The van der Waals surface area contributed by atoms with Gasteiger partial charge in [0.2, 0.25) is 5.91 Å². The molecule has 3 aromatic carbocycles. The van der Waals surface area contributed by atoms with Crippen molar-refractivity contribution in [1.82, 2.24) is 5.32 Å². The molecule has 0 spiro atoms. The third-order valence-electron chi connectivity index (χ3n) is 6.64. The Morgan fingerprint density at radius 2 is 1.64 bits per heavy atom. The second kappa shape index (κ2) is 10.7. The number of sulfonamides is 1. The number of anilines is 3. The van der Waals surface area contributed by atoms with E-state index in [1.54, 1.807) is 68.8 Å². The number of nitrogens with zero attached hydrogens (tertiary/aromatic N) is 1. The van der Waals surface area contributed by atoms with Crippen molar-refractivity contribution in [3.63, 3.8) is 0 Å². The first kappa shape index (κ1) is 26.1. The number of methoxy groups -OCH3 is 1. The molecule has 3 amide bonds. The van der Waals surface area contributed by atoms with Gasteiger partial charge in [-0.1, -0.05) is 11.8 Å². The van der Waals surface area contributed by atoms with Gasteiger partial charge in [0.1, 0.15) is 5.75 Å². The Balaban J connectivity index is 1.37. The number of amides is 3. The van der Waals surface area contributed by atoms with E-state index in [-0.39, 0.29) is 29.7 Å². The summed E-state index contributed by atoms with van der Waals surface area (Å²) in [5.41, 5.74) is 4.35. The van der Waals surface area contributed by atoms with Gasteiger partial charge >= 0.3 is 6.03 Å². The predicted molar refractivity (Wildman–Crippen MR) is 150 cm³/mol. The number of carbonyl (C=O) groups excluding carboxylic acids is 2. The van der Waals surface area contributed by atoms with Gasteiger partial charge in [0.25, 0.3) is 10.0 Å². The number of urea groups is 1. The predicted octanol–water partition coefficient (Wildman–Crippen LogP) is 4.26. The summed E-state index contributed by atoms with van der Waals surface area (Å²) in [6.45, 7) is 0.285. The Bertz CT molecular complexity index is 1590. The zero-order valence-corrected chi connectivity index (χ0v) is 22.4. The van der Waals surface area contributed by atoms with Crippen LogP contribution in [0.4, 0.5) is 21.9 Å². The molecule has 2 fully saturated rings. The van der Waals surface area contributed by atoms with Gasteiger partial charge in [-0.2, -0.15) is 0 Å². The summed E-state index contributed by atoms with van der Waals surface area (Å²) in [7, 11) is -0.380. The zero-order valence-electron chi connectivity index (χ0n) is 21.6. The Kier molecular flexibility index (Phi) is 7.17. The lowest BCUT2D eigenvalue weighted by Crippen LogP contribution is -2.49. The van der Waals surface area contributed by atoms with Crippen LogP contribution in [-0.2, 0) is 14.8 Å². The molecule has 1 aliphatic carbocycles. The molecule has 0 aromatic heterocycles. The fraction of sp³-hybridized carbons (Fsp3) is 0.241. The van der Waals surface area contributed by atoms with Gasteiger partial charge in [0, 0.05) is 48.1 Å². The normalized spacial score (nSPS) is 15.2. The molecule has 0 atom stereocenters. The van der Waals surface area contributed by atoms with Crippen molar-refractivity contribution in [3.8, 4) is 17.6 Å². The van der Waals surface area contributed by atoms with Crippen molar-refractivity contribution in [2.24, 2.45) is 0 Å². The van der Waals surface area contributed by atoms with Crippen molar-refractivity contribution < 1.29 is 22.7 Å². The van der Waals surface area contributed by atoms with Crippen LogP contribution in [0.1, 0.15) is 41.9 Å². The highest BCUT2D eigenvalue weighted by atomic mass is 32.2. The summed E-state index contributed by atoms with van der Waals surface area (Å²) < 4.78 is 33.8. The number of hydrogen-bond donors (Lipinski definition) is 3. The first-order valence-corrected chi connectivity index (χ1v) is 14.0. The van der Waals surface area contributed by atoms with Crippen molar-refractivity contribution in [2.75, 3.05) is 35.6 Å². The van der Waals surface area contributed by atoms with Crippen LogP contribution in [0.15, 0.2) is 65.6 Å². The minimum atomic E-state index is -3.72. The van der Waals surface area contributed by atoms with Gasteiger partial charge in [-0.3, -0.25) is 19.7 Å². The number of nitrogens with one attached hydrogen (secondary N) is 3. The molecule has 200 valence electrons. The molecule has 9 nitrogen and oxygen atoms in total. The van der Waals surface area contributed by atoms with Crippen molar-refractivity contribution in [3.05, 3.63) is 77.4 Å². The summed E-state index contributed by atoms with van der Waals surface area (Å²) in [5.74, 6) is 6.98. The first-order chi connectivity index (χ1) is 18.8. The molecule has 1 aliphatic heterocycles. The lowest BCUT2D eigenvalue weighted by atomic mass is 9.99. The van der Waals surface area contributed by atoms with Crippen molar-refractivity contribution in [2.45, 2.75) is 30.1 Å². The van der Waals surface area contributed by atoms with Crippen LogP contribution in [0.2, 0.25) is 0 Å². The summed E-state index contributed by atoms with van der Waals surface area (Å²) in [4.78, 5) is 25.7. The number of rotatable bonds is 7. The summed E-state index contributed by atoms with van der Waals surface area (Å²) in [5, 5.41) is 5.32. The van der Waals surface area contributed by atoms with Gasteiger partial charge < -0.3 is 10.1 Å². The molecular formula is C29H28N4O5S. The molecule has 1 heterocycles. The molecule has 1 saturated heterocycles. The minimum absolute atomic E-state index is 0.170. The smallest absolute Gasteiger partial charge is 0.328 e. The maximum atomic E-state index is 12.7. The lowest BCUT2D eigenvalue weighted by Gasteiger charge is -2.29. The average molecular weight is 545 g/mol. The van der Waals surface area contributed by atoms with E-state index in [2.05, 4.69) is 27.2 Å². The van der Waals surface area contributed by atoms with E-state index < -0.39 is 16.1 Å². The highest BCUT2D eigenvalue weighted by molar-refractivity contribution is 7.92. The molecular weight excluding hydrogens is 516 g/mol. The fourth-order valence-electron chi connectivity index (χ4n) is 4.47. The van der Waals surface area contributed by atoms with Gasteiger partial charge in [-0.25, -0.2) is 13.2 Å². The van der Waals surface area contributed by atoms with Crippen LogP contribution in [0, 0.1) is 11.8 Å². The van der Waals surface area contributed by atoms with Crippen molar-refractivity contribution in [1.29, 1.82) is 0 Å². The molecule has 0 radical (unpaired) electrons. The highest BCUT2D eigenvalue weighted by Crippen LogP contribution is 2.49. The van der Waals surface area contributed by atoms with E-state index in [1.807, 2.05) is 6.07 Å². The second-order valence-electron chi connectivity index (χ2n) is 9.32. The zero-order chi connectivity index (χ0) is 27.6. The SMILES string of the molecule is CNc1ccc(S(=O)(=O)Nc2ccc(C#Cc3ccc(N4CCC(=O)NC4=O)c(OC)c3C3CC3)cc2)cc1. The number of imide groups is 1. The Morgan fingerprint density at radius 1 is 0.949 bits per heavy atom. The lowest BCUT2D eigenvalue weighted by molar-refractivity contribution is -0.120. The molecule has 3 aromatic rings. The highest BCUT2D eigenvalue weighted by Gasteiger charge is 2.34. The first-order valence-electron chi connectivity index (χ1n) is 12.5. The maximum Gasteiger partial charge on any atom is 0.328 e. The Labute approximate surface area is 227 Å². The van der Waals surface area contributed by atoms with Gasteiger partial charge in [-0.15, -0.1) is 0 Å². The van der Waals surface area contributed by atoms with Crippen LogP contribution in [0.3, 0.4) is 0 Å². The van der Waals surface area contributed by atoms with E-state index in [9.17, 15) is 18.0 Å². The minimum Gasteiger partial charge on any atom is -0.494 e. The summed E-state index contributed by atoms with van der Waals surface area (Å²) in [6, 6.07) is 16.6. The molecule has 10 heteroatoms. The number of ether oxygens (including phenoxy) is 1. The molecule has 3 N–H and O–H groups in total. The molecule has 2 aliphatic rings. The number of hydrogen-bond acceptors (Lipinski definition) is 6. The Morgan fingerprint density at radius 3 is 2.26 bits per heavy atom. The van der Waals surface area contributed by atoms with Crippen LogP contribution >= 0.6 is 0 Å². The van der Waals surface area contributed by atoms with Crippen LogP contribution in [0.25, 0.3) is 0 Å². The number of benzene rings is 3. The fourth-order valence-corrected chi connectivity index (χ4v) is 5.53. The molecule has 5 rings (SSSR count). The quantitative estimate of drug-likeness (QED) is 0.383. The van der Waals surface area contributed by atoms with Crippen LogP contribution < -0.4 is 25.0 Å². The standard InChI is InChI=1S/C29H28N4O5S/c1-30-22-12-14-24(15-13-22)39(36,37)32-23-10-4-19(5-11-23)3-6-20-9-16-25(28(38-2)27(20)21-7-8-21)33-18-17-26(34)31-29(33)35/h4-5,9-16,21,30,32H,7-8,17-18H2,1-2H3,(H,31,34,35). The molecule has 0 bridgehead atoms. The van der Waals surface area contributed by atoms with Gasteiger partial charge in [0.15, 0.2) is 0 Å². The van der Waals surface area contributed by atoms with E-state index in [4.69, 9.17) is 4.74 Å². The summed E-state index contributed by atoms with van der Waals surface area (Å²) >= 11 is 0. The maximum absolute atomic E-state index is 12.7. The van der Waals surface area contributed by atoms with Crippen molar-refractivity contribution >= 4 is 39.0 Å². The molecule has 0 unspecified atom stereocenters. The topological polar surface area (TPSA) is 117 Å². The molecule has 39 heavy (non-hydrogen) atoms. The van der Waals surface area contributed by atoms with E-state index in [0.717, 1.165) is 35.2 Å². The average Bonchev–Trinajstić information content (AvgIpc) is 3.77. The van der Waals surface area contributed by atoms with Crippen LogP contribution in [0.5, 0.6) is 5.75 Å². The van der Waals surface area contributed by atoms with Gasteiger partial charge in [-0.05, 0) is 79.4 Å². The Hall–Kier alpha value is -4.49. The second-order valence-corrected chi connectivity index (χ2v) is 11.0. The summed E-state index contributed by atoms with van der Waals surface area (Å²) in [6.07, 6.45) is 2.24. The van der Waals surface area contributed by atoms with E-state index in [0.29, 0.717) is 17.1 Å². The third kappa shape index (κ3) is 5.68. The third-order valence-corrected chi connectivity index (χ3v) is 8.04. The van der Waals surface area contributed by atoms with E-state index >= 15 is 0 Å². The largest absolute Gasteiger partial charge is 0.494 e. The molecule has 1 saturated carbocycles. The van der Waals surface area contributed by atoms with Crippen LogP contribution in [-0.4, -0.2) is 41.1 Å². The van der Waals surface area contributed by atoms with Gasteiger partial charge in [0.05, 0.1) is 17.7 Å².